The van der Waals surface area contributed by atoms with E-state index in [2.05, 4.69) is 0 Å². The van der Waals surface area contributed by atoms with Crippen molar-refractivity contribution in [1.29, 1.82) is 0 Å². The van der Waals surface area contributed by atoms with E-state index in [4.69, 9.17) is 17.3 Å². The Morgan fingerprint density at radius 2 is 2.10 bits per heavy atom. The Kier molecular flexibility index (Phi) is 4.24. The topological polar surface area (TPSA) is 66.6 Å². The van der Waals surface area contributed by atoms with Gasteiger partial charge in [0.2, 0.25) is 10.0 Å². The smallest absolute Gasteiger partial charge is 0.246 e. The van der Waals surface area contributed by atoms with Gasteiger partial charge in [-0.3, -0.25) is 0 Å². The molecule has 112 valence electrons. The normalized spacial score (nSPS) is 20.8. The third kappa shape index (κ3) is 2.76. The first-order valence-electron chi connectivity index (χ1n) is 6.14. The number of hydrogen-bond donors (Lipinski definition) is 1. The van der Waals surface area contributed by atoms with E-state index in [9.17, 15) is 12.8 Å². The van der Waals surface area contributed by atoms with Crippen molar-refractivity contribution in [2.45, 2.75) is 17.4 Å². The molecule has 2 rings (SSSR count). The van der Waals surface area contributed by atoms with Gasteiger partial charge in [0.25, 0.3) is 0 Å². The highest BCUT2D eigenvalue weighted by Gasteiger charge is 2.35. The zero-order valence-electron chi connectivity index (χ0n) is 11.3. The number of likely N-dealkylation sites (N-methyl/N-ethyl adjacent to an activating group) is 1. The first-order valence-corrected chi connectivity index (χ1v) is 7.96. The van der Waals surface area contributed by atoms with Gasteiger partial charge in [-0.15, -0.1) is 0 Å². The van der Waals surface area contributed by atoms with E-state index in [-0.39, 0.29) is 16.8 Å². The van der Waals surface area contributed by atoms with Crippen molar-refractivity contribution < 1.29 is 12.8 Å². The SMILES string of the molecule is CN(C)C1CCN(S(=O)(=O)c2cc(N)cc(Cl)c2F)C1. The number of benzene rings is 1. The molecule has 20 heavy (non-hydrogen) atoms. The van der Waals surface area contributed by atoms with Crippen molar-refractivity contribution in [2.75, 3.05) is 32.9 Å². The lowest BCUT2D eigenvalue weighted by molar-refractivity contribution is 0.302. The highest BCUT2D eigenvalue weighted by Crippen LogP contribution is 2.30. The Morgan fingerprint density at radius 3 is 2.65 bits per heavy atom. The summed E-state index contributed by atoms with van der Waals surface area (Å²) < 4.78 is 40.2. The van der Waals surface area contributed by atoms with Crippen LogP contribution < -0.4 is 5.73 Å². The Balaban J connectivity index is 2.37. The van der Waals surface area contributed by atoms with E-state index in [0.29, 0.717) is 19.5 Å². The van der Waals surface area contributed by atoms with Crippen molar-refractivity contribution in [2.24, 2.45) is 0 Å². The number of halogens is 2. The summed E-state index contributed by atoms with van der Waals surface area (Å²) in [6.45, 7) is 0.693. The van der Waals surface area contributed by atoms with E-state index in [1.807, 2.05) is 19.0 Å². The second-order valence-electron chi connectivity index (χ2n) is 5.08. The van der Waals surface area contributed by atoms with Crippen molar-refractivity contribution in [1.82, 2.24) is 9.21 Å². The number of nitrogen functional groups attached to an aromatic ring is 1. The molecule has 0 aromatic heterocycles. The van der Waals surface area contributed by atoms with Gasteiger partial charge in [-0.2, -0.15) is 4.31 Å². The third-order valence-corrected chi connectivity index (χ3v) is 5.63. The molecule has 2 N–H and O–H groups in total. The predicted octanol–water partition coefficient (Wildman–Crippen LogP) is 1.39. The maximum atomic E-state index is 14.0. The maximum absolute atomic E-state index is 14.0. The van der Waals surface area contributed by atoms with Gasteiger partial charge in [-0.25, -0.2) is 12.8 Å². The second-order valence-corrected chi connectivity index (χ2v) is 7.40. The molecule has 8 heteroatoms. The molecule has 1 saturated heterocycles. The summed E-state index contributed by atoms with van der Waals surface area (Å²) in [4.78, 5) is 1.50. The zero-order chi connectivity index (χ0) is 15.1. The van der Waals surface area contributed by atoms with Gasteiger partial charge >= 0.3 is 0 Å². The first kappa shape index (κ1) is 15.5. The molecule has 5 nitrogen and oxygen atoms in total. The minimum absolute atomic E-state index is 0.123. The van der Waals surface area contributed by atoms with Gasteiger partial charge < -0.3 is 10.6 Å². The van der Waals surface area contributed by atoms with E-state index in [1.54, 1.807) is 0 Å². The van der Waals surface area contributed by atoms with E-state index in [0.717, 1.165) is 6.07 Å². The van der Waals surface area contributed by atoms with Crippen LogP contribution in [0.5, 0.6) is 0 Å². The molecule has 0 spiro atoms. The molecule has 1 unspecified atom stereocenters. The quantitative estimate of drug-likeness (QED) is 0.854. The van der Waals surface area contributed by atoms with Crippen molar-refractivity contribution >= 4 is 27.3 Å². The van der Waals surface area contributed by atoms with Gasteiger partial charge in [0.05, 0.1) is 5.02 Å². The number of rotatable bonds is 3. The molecule has 0 bridgehead atoms. The zero-order valence-corrected chi connectivity index (χ0v) is 12.9. The van der Waals surface area contributed by atoms with Crippen molar-refractivity contribution in [3.8, 4) is 0 Å². The minimum atomic E-state index is -3.91. The lowest BCUT2D eigenvalue weighted by atomic mass is 10.2. The molecular weight excluding hydrogens is 305 g/mol. The molecular formula is C12H17ClFN3O2S. The monoisotopic (exact) mass is 321 g/mol. The van der Waals surface area contributed by atoms with Crippen LogP contribution >= 0.6 is 11.6 Å². The summed E-state index contributed by atoms with van der Waals surface area (Å²) in [7, 11) is -0.138. The molecule has 0 aliphatic carbocycles. The van der Waals surface area contributed by atoms with Crippen LogP contribution in [-0.4, -0.2) is 50.8 Å². The summed E-state index contributed by atoms with van der Waals surface area (Å²) in [6, 6.07) is 2.44. The van der Waals surface area contributed by atoms with Crippen LogP contribution in [-0.2, 0) is 10.0 Å². The molecule has 0 amide bonds. The highest BCUT2D eigenvalue weighted by molar-refractivity contribution is 7.89. The van der Waals surface area contributed by atoms with Gasteiger partial charge in [0.1, 0.15) is 4.90 Å². The first-order chi connectivity index (χ1) is 9.23. The van der Waals surface area contributed by atoms with Crippen LogP contribution in [0.2, 0.25) is 5.02 Å². The van der Waals surface area contributed by atoms with Gasteiger partial charge in [-0.1, -0.05) is 11.6 Å². The Hall–Kier alpha value is -0.890. The fourth-order valence-electron chi connectivity index (χ4n) is 2.26. The predicted molar refractivity (Wildman–Crippen MR) is 76.7 cm³/mol. The van der Waals surface area contributed by atoms with Crippen LogP contribution in [0.3, 0.4) is 0 Å². The molecule has 1 atom stereocenters. The summed E-state index contributed by atoms with van der Waals surface area (Å²) in [5.74, 6) is -0.950. The van der Waals surface area contributed by atoms with Crippen molar-refractivity contribution in [3.05, 3.63) is 23.0 Å². The number of nitrogens with two attached hydrogens (primary N) is 1. The standard InChI is InChI=1S/C12H17ClFN3O2S/c1-16(2)9-3-4-17(7-9)20(18,19)11-6-8(15)5-10(13)12(11)14/h5-6,9H,3-4,7,15H2,1-2H3. The lowest BCUT2D eigenvalue weighted by Crippen LogP contribution is -2.34. The van der Waals surface area contributed by atoms with Gasteiger partial charge in [-0.05, 0) is 32.6 Å². The Labute approximate surface area is 123 Å². The average Bonchev–Trinajstić information content (AvgIpc) is 2.83. The average molecular weight is 322 g/mol. The number of anilines is 1. The van der Waals surface area contributed by atoms with E-state index < -0.39 is 20.7 Å². The van der Waals surface area contributed by atoms with Crippen molar-refractivity contribution in [3.63, 3.8) is 0 Å². The molecule has 1 fully saturated rings. The number of sulfonamides is 1. The molecule has 1 aromatic carbocycles. The molecule has 0 saturated carbocycles. The fraction of sp³-hybridized carbons (Fsp3) is 0.500. The molecule has 1 aliphatic heterocycles. The summed E-state index contributed by atoms with van der Waals surface area (Å²) in [5.41, 5.74) is 5.68. The van der Waals surface area contributed by atoms with Gasteiger partial charge in [0, 0.05) is 24.8 Å². The van der Waals surface area contributed by atoms with E-state index in [1.165, 1.54) is 10.4 Å². The number of hydrogen-bond acceptors (Lipinski definition) is 4. The summed E-state index contributed by atoms with van der Waals surface area (Å²) >= 11 is 5.66. The van der Waals surface area contributed by atoms with Crippen LogP contribution in [0, 0.1) is 5.82 Å². The fourth-order valence-corrected chi connectivity index (χ4v) is 4.16. The molecule has 1 heterocycles. The largest absolute Gasteiger partial charge is 0.399 e. The minimum Gasteiger partial charge on any atom is -0.399 e. The molecule has 1 aromatic rings. The van der Waals surface area contributed by atoms with Crippen LogP contribution in [0.4, 0.5) is 10.1 Å². The highest BCUT2D eigenvalue weighted by atomic mass is 35.5. The Morgan fingerprint density at radius 1 is 1.45 bits per heavy atom. The maximum Gasteiger partial charge on any atom is 0.246 e. The number of nitrogens with zero attached hydrogens (tertiary/aromatic N) is 2. The van der Waals surface area contributed by atoms with Crippen LogP contribution in [0.15, 0.2) is 17.0 Å². The van der Waals surface area contributed by atoms with Gasteiger partial charge in [0.15, 0.2) is 5.82 Å². The lowest BCUT2D eigenvalue weighted by Gasteiger charge is -2.20. The molecule has 0 radical (unpaired) electrons. The summed E-state index contributed by atoms with van der Waals surface area (Å²) in [5, 5.41) is -0.285. The second kappa shape index (κ2) is 5.48. The third-order valence-electron chi connectivity index (χ3n) is 3.49. The molecule has 1 aliphatic rings. The van der Waals surface area contributed by atoms with Crippen LogP contribution in [0.25, 0.3) is 0 Å². The summed E-state index contributed by atoms with van der Waals surface area (Å²) in [6.07, 6.45) is 0.712. The van der Waals surface area contributed by atoms with E-state index >= 15 is 0 Å². The Bertz CT molecular complexity index is 621. The van der Waals surface area contributed by atoms with Crippen LogP contribution in [0.1, 0.15) is 6.42 Å².